The molecule has 0 aliphatic heterocycles. The van der Waals surface area contributed by atoms with E-state index in [0.717, 1.165) is 11.1 Å². The van der Waals surface area contributed by atoms with E-state index < -0.39 is 6.04 Å². The van der Waals surface area contributed by atoms with Crippen LogP contribution in [0.1, 0.15) is 42.3 Å². The lowest BCUT2D eigenvalue weighted by molar-refractivity contribution is -0.138. The Kier molecular flexibility index (Phi) is 8.73. The van der Waals surface area contributed by atoms with Crippen molar-refractivity contribution in [3.8, 4) is 0 Å². The third kappa shape index (κ3) is 7.20. The second-order valence-corrected chi connectivity index (χ2v) is 7.82. The highest BCUT2D eigenvalue weighted by atomic mass is 19.1. The van der Waals surface area contributed by atoms with Crippen molar-refractivity contribution in [2.45, 2.75) is 40.3 Å². The molecule has 1 unspecified atom stereocenters. The van der Waals surface area contributed by atoms with E-state index in [2.05, 4.69) is 10.6 Å². The van der Waals surface area contributed by atoms with Crippen LogP contribution >= 0.6 is 0 Å². The number of benzene rings is 2. The zero-order valence-electron chi connectivity index (χ0n) is 18.4. The molecular weight excluding hydrogens is 397 g/mol. The van der Waals surface area contributed by atoms with Gasteiger partial charge in [-0.2, -0.15) is 0 Å². The quantitative estimate of drug-likeness (QED) is 0.646. The average molecular weight is 428 g/mol. The maximum Gasteiger partial charge on any atom is 0.251 e. The van der Waals surface area contributed by atoms with Crippen LogP contribution in [0.4, 0.5) is 4.39 Å². The summed E-state index contributed by atoms with van der Waals surface area (Å²) in [6, 6.07) is 12.2. The Morgan fingerprint density at radius 1 is 1.00 bits per heavy atom. The molecule has 0 fully saturated rings. The van der Waals surface area contributed by atoms with Crippen molar-refractivity contribution in [1.82, 2.24) is 15.5 Å². The minimum atomic E-state index is -0.751. The minimum Gasteiger partial charge on any atom is -0.350 e. The van der Waals surface area contributed by atoms with Crippen LogP contribution in [0.15, 0.2) is 48.5 Å². The number of hydrogen-bond donors (Lipinski definition) is 2. The molecule has 1 atom stereocenters. The van der Waals surface area contributed by atoms with Crippen LogP contribution < -0.4 is 10.6 Å². The van der Waals surface area contributed by atoms with Gasteiger partial charge in [0.05, 0.1) is 6.54 Å². The van der Waals surface area contributed by atoms with E-state index in [-0.39, 0.29) is 42.5 Å². The smallest absolute Gasteiger partial charge is 0.251 e. The lowest BCUT2D eigenvalue weighted by Gasteiger charge is -2.28. The normalized spacial score (nSPS) is 11.7. The standard InChI is InChI=1S/C24H30FN3O3/c1-5-28(15-21(29)26-14-18-8-12-20(25)13-9-18)24(31)22(16(2)3)27-23(30)19-10-6-17(4)7-11-19/h6-13,16,22H,5,14-15H2,1-4H3,(H,26,29)(H,27,30). The number of carbonyl (C=O) groups is 3. The average Bonchev–Trinajstić information content (AvgIpc) is 2.75. The van der Waals surface area contributed by atoms with Gasteiger partial charge in [-0.3, -0.25) is 14.4 Å². The maximum absolute atomic E-state index is 13.1. The molecule has 0 heterocycles. The summed E-state index contributed by atoms with van der Waals surface area (Å²) in [4.78, 5) is 39.5. The molecule has 2 aromatic carbocycles. The van der Waals surface area contributed by atoms with Crippen molar-refractivity contribution in [1.29, 1.82) is 0 Å². The van der Waals surface area contributed by atoms with Crippen molar-refractivity contribution < 1.29 is 18.8 Å². The topological polar surface area (TPSA) is 78.5 Å². The Morgan fingerprint density at radius 3 is 2.16 bits per heavy atom. The van der Waals surface area contributed by atoms with Gasteiger partial charge in [-0.15, -0.1) is 0 Å². The second kappa shape index (κ2) is 11.2. The second-order valence-electron chi connectivity index (χ2n) is 7.82. The van der Waals surface area contributed by atoms with E-state index in [9.17, 15) is 18.8 Å². The molecule has 0 aliphatic rings. The van der Waals surface area contributed by atoms with Gasteiger partial charge in [0.1, 0.15) is 11.9 Å². The number of nitrogens with one attached hydrogen (secondary N) is 2. The van der Waals surface area contributed by atoms with Crippen LogP contribution in [0.3, 0.4) is 0 Å². The number of hydrogen-bond acceptors (Lipinski definition) is 3. The SMILES string of the molecule is CCN(CC(=O)NCc1ccc(F)cc1)C(=O)C(NC(=O)c1ccc(C)cc1)C(C)C. The largest absolute Gasteiger partial charge is 0.350 e. The first-order valence-electron chi connectivity index (χ1n) is 10.4. The van der Waals surface area contributed by atoms with Crippen molar-refractivity contribution >= 4 is 17.7 Å². The fraction of sp³-hybridized carbons (Fsp3) is 0.375. The van der Waals surface area contributed by atoms with E-state index in [1.807, 2.05) is 32.9 Å². The fourth-order valence-electron chi connectivity index (χ4n) is 3.02. The fourth-order valence-corrected chi connectivity index (χ4v) is 3.02. The molecule has 0 aromatic heterocycles. The molecule has 3 amide bonds. The lowest BCUT2D eigenvalue weighted by atomic mass is 10.0. The van der Waals surface area contributed by atoms with Crippen molar-refractivity contribution in [3.05, 3.63) is 71.0 Å². The first kappa shape index (κ1) is 24.1. The number of nitrogens with zero attached hydrogens (tertiary/aromatic N) is 1. The van der Waals surface area contributed by atoms with E-state index in [4.69, 9.17) is 0 Å². The zero-order valence-corrected chi connectivity index (χ0v) is 18.4. The number of aryl methyl sites for hydroxylation is 1. The van der Waals surface area contributed by atoms with Crippen molar-refractivity contribution in [2.24, 2.45) is 5.92 Å². The Hall–Kier alpha value is -3.22. The van der Waals surface area contributed by atoms with E-state index >= 15 is 0 Å². The molecule has 166 valence electrons. The van der Waals surface area contributed by atoms with Gasteiger partial charge in [0, 0.05) is 18.7 Å². The van der Waals surface area contributed by atoms with Crippen LogP contribution in [0.25, 0.3) is 0 Å². The van der Waals surface area contributed by atoms with E-state index in [0.29, 0.717) is 12.1 Å². The molecule has 0 saturated carbocycles. The number of halogens is 1. The van der Waals surface area contributed by atoms with Gasteiger partial charge in [-0.05, 0) is 49.6 Å². The number of rotatable bonds is 9. The summed E-state index contributed by atoms with van der Waals surface area (Å²) in [6.45, 7) is 7.85. The number of carbonyl (C=O) groups excluding carboxylic acids is 3. The minimum absolute atomic E-state index is 0.125. The molecule has 0 aliphatic carbocycles. The molecule has 0 saturated heterocycles. The molecule has 0 radical (unpaired) electrons. The van der Waals surface area contributed by atoms with Gasteiger partial charge in [-0.1, -0.05) is 43.7 Å². The Balaban J connectivity index is 1.99. The summed E-state index contributed by atoms with van der Waals surface area (Å²) in [6.07, 6.45) is 0. The number of amides is 3. The van der Waals surface area contributed by atoms with Gasteiger partial charge in [-0.25, -0.2) is 4.39 Å². The molecule has 0 bridgehead atoms. The molecule has 2 N–H and O–H groups in total. The predicted molar refractivity (Wildman–Crippen MR) is 118 cm³/mol. The van der Waals surface area contributed by atoms with Crippen molar-refractivity contribution in [2.75, 3.05) is 13.1 Å². The predicted octanol–water partition coefficient (Wildman–Crippen LogP) is 3.05. The van der Waals surface area contributed by atoms with Crippen LogP contribution in [-0.2, 0) is 16.1 Å². The summed E-state index contributed by atoms with van der Waals surface area (Å²) >= 11 is 0. The van der Waals surface area contributed by atoms with Crippen LogP contribution in [0.5, 0.6) is 0 Å². The molecule has 2 aromatic rings. The Morgan fingerprint density at radius 2 is 1.61 bits per heavy atom. The summed E-state index contributed by atoms with van der Waals surface area (Å²) in [5.41, 5.74) is 2.27. The monoisotopic (exact) mass is 427 g/mol. The molecule has 0 spiro atoms. The molecular formula is C24H30FN3O3. The van der Waals surface area contributed by atoms with Gasteiger partial charge >= 0.3 is 0 Å². The van der Waals surface area contributed by atoms with Crippen LogP contribution in [-0.4, -0.2) is 41.8 Å². The summed E-state index contributed by atoms with van der Waals surface area (Å²) in [5, 5.41) is 5.54. The first-order chi connectivity index (χ1) is 14.7. The summed E-state index contributed by atoms with van der Waals surface area (Å²) < 4.78 is 13.0. The van der Waals surface area contributed by atoms with Gasteiger partial charge < -0.3 is 15.5 Å². The molecule has 31 heavy (non-hydrogen) atoms. The van der Waals surface area contributed by atoms with Gasteiger partial charge in [0.15, 0.2) is 0 Å². The van der Waals surface area contributed by atoms with Crippen LogP contribution in [0.2, 0.25) is 0 Å². The highest BCUT2D eigenvalue weighted by Gasteiger charge is 2.29. The van der Waals surface area contributed by atoms with Gasteiger partial charge in [0.25, 0.3) is 5.91 Å². The zero-order chi connectivity index (χ0) is 23.0. The maximum atomic E-state index is 13.1. The van der Waals surface area contributed by atoms with Crippen LogP contribution in [0, 0.1) is 18.7 Å². The molecule has 6 nitrogen and oxygen atoms in total. The first-order valence-corrected chi connectivity index (χ1v) is 10.4. The molecule has 2 rings (SSSR count). The highest BCUT2D eigenvalue weighted by molar-refractivity contribution is 5.98. The third-order valence-corrected chi connectivity index (χ3v) is 4.96. The van der Waals surface area contributed by atoms with E-state index in [1.54, 1.807) is 31.2 Å². The number of likely N-dealkylation sites (N-methyl/N-ethyl adjacent to an activating group) is 1. The molecule has 7 heteroatoms. The van der Waals surface area contributed by atoms with Gasteiger partial charge in [0.2, 0.25) is 11.8 Å². The summed E-state index contributed by atoms with van der Waals surface area (Å²) in [5.74, 6) is -1.46. The van der Waals surface area contributed by atoms with E-state index in [1.165, 1.54) is 17.0 Å². The highest BCUT2D eigenvalue weighted by Crippen LogP contribution is 2.10. The third-order valence-electron chi connectivity index (χ3n) is 4.96. The Bertz CT molecular complexity index is 895. The Labute approximate surface area is 182 Å². The summed E-state index contributed by atoms with van der Waals surface area (Å²) in [7, 11) is 0. The lowest BCUT2D eigenvalue weighted by Crippen LogP contribution is -2.53. The van der Waals surface area contributed by atoms with Crippen molar-refractivity contribution in [3.63, 3.8) is 0 Å².